The second-order valence-corrected chi connectivity index (χ2v) is 5.64. The van der Waals surface area contributed by atoms with Gasteiger partial charge in [-0.05, 0) is 44.6 Å². The molecule has 3 atom stereocenters. The highest BCUT2D eigenvalue weighted by Crippen LogP contribution is 2.39. The van der Waals surface area contributed by atoms with Gasteiger partial charge in [0.05, 0.1) is 0 Å². The Hall–Kier alpha value is -0.320. The summed E-state index contributed by atoms with van der Waals surface area (Å²) < 4.78 is 5.05. The van der Waals surface area contributed by atoms with Crippen LogP contribution in [0.1, 0.15) is 44.9 Å². The van der Waals surface area contributed by atoms with E-state index in [0.717, 1.165) is 32.4 Å². The number of halogens is 1. The van der Waals surface area contributed by atoms with Crippen molar-refractivity contribution in [2.24, 2.45) is 5.92 Å². The van der Waals surface area contributed by atoms with Crippen molar-refractivity contribution in [3.63, 3.8) is 0 Å². The summed E-state index contributed by atoms with van der Waals surface area (Å²) in [6.45, 7) is 1.70. The SMILES string of the molecule is COCCCCN1C(C(=O)O)CC2CCCCC21.Cl. The van der Waals surface area contributed by atoms with E-state index in [4.69, 9.17) is 4.74 Å². The van der Waals surface area contributed by atoms with E-state index >= 15 is 0 Å². The van der Waals surface area contributed by atoms with Crippen LogP contribution in [0.15, 0.2) is 0 Å². The van der Waals surface area contributed by atoms with E-state index in [2.05, 4.69) is 4.90 Å². The van der Waals surface area contributed by atoms with Crippen LogP contribution in [0.3, 0.4) is 0 Å². The third-order valence-corrected chi connectivity index (χ3v) is 4.52. The van der Waals surface area contributed by atoms with E-state index in [1.807, 2.05) is 0 Å². The van der Waals surface area contributed by atoms with Gasteiger partial charge in [-0.1, -0.05) is 12.8 Å². The lowest BCUT2D eigenvalue weighted by atomic mass is 9.85. The van der Waals surface area contributed by atoms with E-state index in [-0.39, 0.29) is 18.4 Å². The van der Waals surface area contributed by atoms with Crippen LogP contribution in [-0.2, 0) is 9.53 Å². The minimum absolute atomic E-state index is 0. The van der Waals surface area contributed by atoms with Crippen molar-refractivity contribution in [3.05, 3.63) is 0 Å². The molecule has 0 bridgehead atoms. The molecule has 1 aliphatic heterocycles. The summed E-state index contributed by atoms with van der Waals surface area (Å²) in [7, 11) is 1.72. The van der Waals surface area contributed by atoms with Crippen molar-refractivity contribution in [3.8, 4) is 0 Å². The highest BCUT2D eigenvalue weighted by atomic mass is 35.5. The molecule has 0 aromatic rings. The number of unbranched alkanes of at least 4 members (excludes halogenated alkanes) is 1. The van der Waals surface area contributed by atoms with Gasteiger partial charge in [0.25, 0.3) is 0 Å². The van der Waals surface area contributed by atoms with Crippen LogP contribution in [0.5, 0.6) is 0 Å². The number of aliphatic carboxylic acids is 1. The highest BCUT2D eigenvalue weighted by molar-refractivity contribution is 5.85. The van der Waals surface area contributed by atoms with Gasteiger partial charge in [0.2, 0.25) is 0 Å². The molecule has 1 saturated carbocycles. The summed E-state index contributed by atoms with van der Waals surface area (Å²) in [6, 6.07) is 0.294. The quantitative estimate of drug-likeness (QED) is 0.764. The van der Waals surface area contributed by atoms with Gasteiger partial charge in [0.1, 0.15) is 6.04 Å². The first kappa shape index (κ1) is 16.7. The molecule has 2 fully saturated rings. The van der Waals surface area contributed by atoms with Crippen LogP contribution >= 0.6 is 12.4 Å². The number of carbonyl (C=O) groups is 1. The van der Waals surface area contributed by atoms with Crippen LogP contribution in [0, 0.1) is 5.92 Å². The molecule has 1 saturated heterocycles. The third kappa shape index (κ3) is 4.07. The van der Waals surface area contributed by atoms with Gasteiger partial charge in [0.15, 0.2) is 0 Å². The fourth-order valence-electron chi connectivity index (χ4n) is 3.66. The molecule has 2 aliphatic rings. The molecular formula is C14H26ClNO3. The van der Waals surface area contributed by atoms with Crippen molar-refractivity contribution in [2.75, 3.05) is 20.3 Å². The van der Waals surface area contributed by atoms with Crippen LogP contribution in [-0.4, -0.2) is 48.3 Å². The van der Waals surface area contributed by atoms with E-state index in [9.17, 15) is 9.90 Å². The molecule has 1 N–H and O–H groups in total. The van der Waals surface area contributed by atoms with E-state index in [1.54, 1.807) is 7.11 Å². The summed E-state index contributed by atoms with van der Waals surface area (Å²) in [6.07, 6.45) is 7.90. The first-order chi connectivity index (χ1) is 8.74. The molecule has 0 aromatic heterocycles. The number of nitrogens with zero attached hydrogens (tertiary/aromatic N) is 1. The minimum Gasteiger partial charge on any atom is -0.480 e. The molecule has 3 unspecified atom stereocenters. The largest absolute Gasteiger partial charge is 0.480 e. The molecule has 2 rings (SSSR count). The summed E-state index contributed by atoms with van der Waals surface area (Å²) in [5.74, 6) is -0.00147. The molecule has 19 heavy (non-hydrogen) atoms. The lowest BCUT2D eigenvalue weighted by Gasteiger charge is -2.32. The van der Waals surface area contributed by atoms with Gasteiger partial charge in [-0.15, -0.1) is 12.4 Å². The van der Waals surface area contributed by atoms with Gasteiger partial charge >= 0.3 is 5.97 Å². The molecule has 1 heterocycles. The molecule has 1 aliphatic carbocycles. The highest BCUT2D eigenvalue weighted by Gasteiger charge is 2.44. The average Bonchev–Trinajstić information content (AvgIpc) is 2.74. The van der Waals surface area contributed by atoms with Crippen molar-refractivity contribution in [1.82, 2.24) is 4.90 Å². The number of fused-ring (bicyclic) bond motifs is 1. The van der Waals surface area contributed by atoms with Gasteiger partial charge in [-0.2, -0.15) is 0 Å². The van der Waals surface area contributed by atoms with Gasteiger partial charge < -0.3 is 9.84 Å². The van der Waals surface area contributed by atoms with Gasteiger partial charge in [0, 0.05) is 19.8 Å². The summed E-state index contributed by atoms with van der Waals surface area (Å²) in [5.41, 5.74) is 0. The molecule has 4 nitrogen and oxygen atoms in total. The zero-order valence-electron chi connectivity index (χ0n) is 11.7. The monoisotopic (exact) mass is 291 g/mol. The molecule has 5 heteroatoms. The molecule has 112 valence electrons. The van der Waals surface area contributed by atoms with Crippen molar-refractivity contribution < 1.29 is 14.6 Å². The zero-order chi connectivity index (χ0) is 13.0. The maximum absolute atomic E-state index is 11.4. The summed E-state index contributed by atoms with van der Waals surface area (Å²) in [4.78, 5) is 13.6. The zero-order valence-corrected chi connectivity index (χ0v) is 12.5. The number of ether oxygens (including phenoxy) is 1. The van der Waals surface area contributed by atoms with Gasteiger partial charge in [-0.3, -0.25) is 9.69 Å². The van der Waals surface area contributed by atoms with E-state index in [1.165, 1.54) is 25.7 Å². The normalized spacial score (nSPS) is 30.7. The number of rotatable bonds is 6. The van der Waals surface area contributed by atoms with E-state index in [0.29, 0.717) is 12.0 Å². The van der Waals surface area contributed by atoms with Crippen LogP contribution < -0.4 is 0 Å². The number of carboxylic acids is 1. The third-order valence-electron chi connectivity index (χ3n) is 4.52. The predicted octanol–water partition coefficient (Wildman–Crippen LogP) is 2.55. The van der Waals surface area contributed by atoms with Crippen LogP contribution in [0.2, 0.25) is 0 Å². The van der Waals surface area contributed by atoms with Crippen molar-refractivity contribution in [2.45, 2.75) is 57.0 Å². The second-order valence-electron chi connectivity index (χ2n) is 5.64. The Labute approximate surface area is 121 Å². The molecular weight excluding hydrogens is 266 g/mol. The van der Waals surface area contributed by atoms with Gasteiger partial charge in [-0.25, -0.2) is 0 Å². The van der Waals surface area contributed by atoms with Crippen LogP contribution in [0.4, 0.5) is 0 Å². The Morgan fingerprint density at radius 1 is 1.32 bits per heavy atom. The molecule has 0 aromatic carbocycles. The Bertz CT molecular complexity index is 288. The second kappa shape index (κ2) is 8.08. The Morgan fingerprint density at radius 3 is 2.74 bits per heavy atom. The molecule has 0 amide bonds. The number of carboxylic acid groups (broad SMARTS) is 1. The molecule has 0 spiro atoms. The molecule has 0 radical (unpaired) electrons. The number of hydrogen-bond acceptors (Lipinski definition) is 3. The first-order valence-corrected chi connectivity index (χ1v) is 7.21. The fraction of sp³-hybridized carbons (Fsp3) is 0.929. The Balaban J connectivity index is 0.00000180. The Morgan fingerprint density at radius 2 is 2.05 bits per heavy atom. The van der Waals surface area contributed by atoms with E-state index < -0.39 is 5.97 Å². The standard InChI is InChI=1S/C14H25NO3.ClH/c1-18-9-5-4-8-15-12-7-3-2-6-11(12)10-13(15)14(16)17;/h11-13H,2-10H2,1H3,(H,16,17);1H. The fourth-order valence-corrected chi connectivity index (χ4v) is 3.66. The van der Waals surface area contributed by atoms with Crippen LogP contribution in [0.25, 0.3) is 0 Å². The predicted molar refractivity (Wildman–Crippen MR) is 76.9 cm³/mol. The lowest BCUT2D eigenvalue weighted by Crippen LogP contribution is -2.42. The number of hydrogen-bond donors (Lipinski definition) is 1. The van der Waals surface area contributed by atoms with Crippen molar-refractivity contribution >= 4 is 18.4 Å². The number of methoxy groups -OCH3 is 1. The topological polar surface area (TPSA) is 49.8 Å². The number of likely N-dealkylation sites (tertiary alicyclic amines) is 1. The minimum atomic E-state index is -0.629. The maximum Gasteiger partial charge on any atom is 0.320 e. The lowest BCUT2D eigenvalue weighted by molar-refractivity contribution is -0.142. The van der Waals surface area contributed by atoms with Crippen molar-refractivity contribution in [1.29, 1.82) is 0 Å². The first-order valence-electron chi connectivity index (χ1n) is 7.21. The smallest absolute Gasteiger partial charge is 0.320 e. The summed E-state index contributed by atoms with van der Waals surface area (Å²) in [5, 5.41) is 9.37. The maximum atomic E-state index is 11.4. The Kier molecular flexibility index (Phi) is 7.11. The average molecular weight is 292 g/mol. The summed E-state index contributed by atoms with van der Waals surface area (Å²) >= 11 is 0.